The summed E-state index contributed by atoms with van der Waals surface area (Å²) < 4.78 is 1.78. The van der Waals surface area contributed by atoms with Crippen LogP contribution in [0.25, 0.3) is 0 Å². The lowest BCUT2D eigenvalue weighted by atomic mass is 9.94. The fourth-order valence-corrected chi connectivity index (χ4v) is 2.44. The molecule has 0 saturated heterocycles. The molecule has 0 bridgehead atoms. The topological polar surface area (TPSA) is 55.1 Å². The van der Waals surface area contributed by atoms with Crippen LogP contribution in [0, 0.1) is 5.92 Å². The van der Waals surface area contributed by atoms with Crippen LogP contribution < -0.4 is 0 Å². The molecule has 0 saturated carbocycles. The van der Waals surface area contributed by atoms with E-state index in [-0.39, 0.29) is 0 Å². The van der Waals surface area contributed by atoms with Crippen molar-refractivity contribution in [3.05, 3.63) is 52.8 Å². The average molecular weight is 293 g/mol. The fraction of sp³-hybridized carbons (Fsp3) is 0.333. The molecule has 2 rings (SSSR count). The van der Waals surface area contributed by atoms with Gasteiger partial charge >= 0.3 is 5.97 Å². The van der Waals surface area contributed by atoms with Gasteiger partial charge in [0.2, 0.25) is 0 Å². The summed E-state index contributed by atoms with van der Waals surface area (Å²) in [6, 6.07) is 9.28. The summed E-state index contributed by atoms with van der Waals surface area (Å²) in [5.41, 5.74) is 2.00. The van der Waals surface area contributed by atoms with Crippen molar-refractivity contribution in [1.82, 2.24) is 9.78 Å². The Hall–Kier alpha value is -1.81. The molecule has 0 spiro atoms. The lowest BCUT2D eigenvalue weighted by Gasteiger charge is -2.12. The first-order valence-electron chi connectivity index (χ1n) is 6.50. The van der Waals surface area contributed by atoms with Gasteiger partial charge in [-0.3, -0.25) is 9.48 Å². The van der Waals surface area contributed by atoms with Gasteiger partial charge in [0.05, 0.1) is 5.92 Å². The van der Waals surface area contributed by atoms with Gasteiger partial charge in [-0.1, -0.05) is 23.7 Å². The zero-order valence-electron chi connectivity index (χ0n) is 11.3. The number of carboxylic acids is 1. The first kappa shape index (κ1) is 14.6. The van der Waals surface area contributed by atoms with Crippen LogP contribution in [-0.2, 0) is 24.7 Å². The second kappa shape index (κ2) is 6.57. The van der Waals surface area contributed by atoms with Crippen LogP contribution >= 0.6 is 11.6 Å². The first-order valence-corrected chi connectivity index (χ1v) is 6.88. The Labute approximate surface area is 123 Å². The highest BCUT2D eigenvalue weighted by Gasteiger charge is 2.18. The van der Waals surface area contributed by atoms with E-state index >= 15 is 0 Å². The average Bonchev–Trinajstić information content (AvgIpc) is 2.80. The summed E-state index contributed by atoms with van der Waals surface area (Å²) >= 11 is 5.93. The van der Waals surface area contributed by atoms with E-state index in [1.807, 2.05) is 31.3 Å². The highest BCUT2D eigenvalue weighted by Crippen LogP contribution is 2.18. The van der Waals surface area contributed by atoms with Gasteiger partial charge in [-0.25, -0.2) is 0 Å². The molecule has 0 radical (unpaired) electrons. The molecule has 0 aliphatic heterocycles. The van der Waals surface area contributed by atoms with Gasteiger partial charge in [0.25, 0.3) is 0 Å². The van der Waals surface area contributed by atoms with Crippen LogP contribution in [0.4, 0.5) is 0 Å². The zero-order valence-corrected chi connectivity index (χ0v) is 12.0. The Balaban J connectivity index is 2.01. The molecule has 1 unspecified atom stereocenters. The molecule has 1 aromatic carbocycles. The minimum atomic E-state index is -0.771. The Kier molecular flexibility index (Phi) is 4.79. The molecule has 0 amide bonds. The third-order valence-electron chi connectivity index (χ3n) is 3.39. The molecule has 1 atom stereocenters. The molecular weight excluding hydrogens is 276 g/mol. The van der Waals surface area contributed by atoms with E-state index in [9.17, 15) is 9.90 Å². The standard InChI is InChI=1S/C15H17ClN2O2/c1-18-14(7-8-17-18)6-5-12(15(19)20)9-11-3-2-4-13(16)10-11/h2-4,7-8,10,12H,5-6,9H2,1H3,(H,19,20). The van der Waals surface area contributed by atoms with Gasteiger partial charge in [0, 0.05) is 24.0 Å². The van der Waals surface area contributed by atoms with Crippen LogP contribution in [0.2, 0.25) is 5.02 Å². The lowest BCUT2D eigenvalue weighted by molar-refractivity contribution is -0.141. The van der Waals surface area contributed by atoms with E-state index < -0.39 is 11.9 Å². The number of nitrogens with zero attached hydrogens (tertiary/aromatic N) is 2. The quantitative estimate of drug-likeness (QED) is 0.890. The molecule has 1 N–H and O–H groups in total. The molecule has 0 aliphatic rings. The lowest BCUT2D eigenvalue weighted by Crippen LogP contribution is -2.18. The molecule has 5 heteroatoms. The monoisotopic (exact) mass is 292 g/mol. The van der Waals surface area contributed by atoms with E-state index in [0.717, 1.165) is 11.3 Å². The summed E-state index contributed by atoms with van der Waals surface area (Å²) in [7, 11) is 1.86. The molecule has 1 heterocycles. The maximum absolute atomic E-state index is 11.4. The van der Waals surface area contributed by atoms with E-state index in [1.165, 1.54) is 0 Å². The number of aliphatic carboxylic acids is 1. The van der Waals surface area contributed by atoms with Gasteiger partial charge in [0.15, 0.2) is 0 Å². The van der Waals surface area contributed by atoms with Crippen molar-refractivity contribution in [2.75, 3.05) is 0 Å². The summed E-state index contributed by atoms with van der Waals surface area (Å²) in [5.74, 6) is -1.18. The predicted octanol–water partition coefficient (Wildman–Crippen LogP) is 2.95. The van der Waals surface area contributed by atoms with Gasteiger partial charge < -0.3 is 5.11 Å². The second-order valence-corrected chi connectivity index (χ2v) is 5.29. The van der Waals surface area contributed by atoms with E-state index in [0.29, 0.717) is 24.3 Å². The molecule has 4 nitrogen and oxygen atoms in total. The van der Waals surface area contributed by atoms with E-state index in [4.69, 9.17) is 11.6 Å². The summed E-state index contributed by atoms with van der Waals surface area (Å²) in [5, 5.41) is 14.1. The maximum atomic E-state index is 11.4. The number of halogens is 1. The normalized spacial score (nSPS) is 12.3. The Morgan fingerprint density at radius 2 is 2.25 bits per heavy atom. The van der Waals surface area contributed by atoms with Crippen LogP contribution in [0.1, 0.15) is 17.7 Å². The molecule has 1 aromatic heterocycles. The molecule has 0 aliphatic carbocycles. The Morgan fingerprint density at radius 3 is 2.85 bits per heavy atom. The molecule has 2 aromatic rings. The number of benzene rings is 1. The van der Waals surface area contributed by atoms with Gasteiger partial charge in [-0.15, -0.1) is 0 Å². The summed E-state index contributed by atoms with van der Waals surface area (Å²) in [6.07, 6.45) is 3.51. The third kappa shape index (κ3) is 3.84. The third-order valence-corrected chi connectivity index (χ3v) is 3.63. The number of rotatable bonds is 6. The second-order valence-electron chi connectivity index (χ2n) is 4.85. The van der Waals surface area contributed by atoms with Crippen molar-refractivity contribution in [1.29, 1.82) is 0 Å². The number of aryl methyl sites for hydroxylation is 2. The van der Waals surface area contributed by atoms with Crippen molar-refractivity contribution in [3.8, 4) is 0 Å². The van der Waals surface area contributed by atoms with Crippen molar-refractivity contribution in [3.63, 3.8) is 0 Å². The number of carboxylic acid groups (broad SMARTS) is 1. The minimum absolute atomic E-state index is 0.414. The van der Waals surface area contributed by atoms with Crippen molar-refractivity contribution < 1.29 is 9.90 Å². The number of hydrogen-bond donors (Lipinski definition) is 1. The van der Waals surface area contributed by atoms with Gasteiger partial charge in [-0.2, -0.15) is 5.10 Å². The predicted molar refractivity (Wildman–Crippen MR) is 77.8 cm³/mol. The largest absolute Gasteiger partial charge is 0.481 e. The summed E-state index contributed by atoms with van der Waals surface area (Å²) in [4.78, 5) is 11.4. The van der Waals surface area contributed by atoms with Crippen LogP contribution in [-0.4, -0.2) is 20.9 Å². The van der Waals surface area contributed by atoms with Crippen LogP contribution in [0.5, 0.6) is 0 Å². The molecule has 106 valence electrons. The molecule has 0 fully saturated rings. The number of hydrogen-bond acceptors (Lipinski definition) is 2. The number of aromatic nitrogens is 2. The van der Waals surface area contributed by atoms with Crippen molar-refractivity contribution >= 4 is 17.6 Å². The number of carbonyl (C=O) groups is 1. The van der Waals surface area contributed by atoms with Crippen LogP contribution in [0.15, 0.2) is 36.5 Å². The van der Waals surface area contributed by atoms with Crippen molar-refractivity contribution in [2.24, 2.45) is 13.0 Å². The molecule has 20 heavy (non-hydrogen) atoms. The summed E-state index contributed by atoms with van der Waals surface area (Å²) in [6.45, 7) is 0. The highest BCUT2D eigenvalue weighted by molar-refractivity contribution is 6.30. The maximum Gasteiger partial charge on any atom is 0.306 e. The van der Waals surface area contributed by atoms with Crippen LogP contribution in [0.3, 0.4) is 0 Å². The Morgan fingerprint density at radius 1 is 1.45 bits per heavy atom. The molecular formula is C15H17ClN2O2. The highest BCUT2D eigenvalue weighted by atomic mass is 35.5. The first-order chi connectivity index (χ1) is 9.56. The fourth-order valence-electron chi connectivity index (χ4n) is 2.23. The zero-order chi connectivity index (χ0) is 14.5. The minimum Gasteiger partial charge on any atom is -0.481 e. The van der Waals surface area contributed by atoms with Crippen molar-refractivity contribution in [2.45, 2.75) is 19.3 Å². The van der Waals surface area contributed by atoms with E-state index in [1.54, 1.807) is 16.9 Å². The smallest absolute Gasteiger partial charge is 0.306 e. The van der Waals surface area contributed by atoms with Gasteiger partial charge in [-0.05, 0) is 43.0 Å². The van der Waals surface area contributed by atoms with E-state index in [2.05, 4.69) is 5.10 Å². The van der Waals surface area contributed by atoms with Gasteiger partial charge in [0.1, 0.15) is 0 Å². The SMILES string of the molecule is Cn1nccc1CCC(Cc1cccc(Cl)c1)C(=O)O. The Bertz CT molecular complexity index is 595.